The zero-order valence-electron chi connectivity index (χ0n) is 12.1. The molecule has 24 heavy (non-hydrogen) atoms. The number of hydrogen-bond donors (Lipinski definition) is 0. The van der Waals surface area contributed by atoms with Gasteiger partial charge in [0.2, 0.25) is 0 Å². The van der Waals surface area contributed by atoms with Gasteiger partial charge in [0.1, 0.15) is 13.1 Å². The largest absolute Gasteiger partial charge is 0.538 e. The normalized spacial score (nSPS) is 14.4. The molecule has 0 saturated carbocycles. The number of carboxylic acids is 1. The van der Waals surface area contributed by atoms with Crippen molar-refractivity contribution < 1.29 is 14.5 Å². The molecule has 2 aromatic carbocycles. The van der Waals surface area contributed by atoms with Crippen LogP contribution in [0.5, 0.6) is 0 Å². The molecule has 0 radical (unpaired) electrons. The van der Waals surface area contributed by atoms with Gasteiger partial charge in [0, 0.05) is 0 Å². The Kier molecular flexibility index (Phi) is 4.92. The minimum atomic E-state index is -1.38. The van der Waals surface area contributed by atoms with Crippen LogP contribution in [0.4, 0.5) is 11.4 Å². The Labute approximate surface area is 158 Å². The van der Waals surface area contributed by atoms with E-state index in [0.29, 0.717) is 44.6 Å². The Hall–Kier alpha value is -1.46. The molecule has 0 saturated heterocycles. The number of carboxylic acid groups (broad SMARTS) is 1. The van der Waals surface area contributed by atoms with Crippen molar-refractivity contribution in [3.8, 4) is 0 Å². The lowest BCUT2D eigenvalue weighted by atomic mass is 10.2. The predicted molar refractivity (Wildman–Crippen MR) is 95.1 cm³/mol. The van der Waals surface area contributed by atoms with Crippen molar-refractivity contribution in [1.29, 1.82) is 0 Å². The maximum Gasteiger partial charge on any atom is 0.306 e. The number of rotatable bonds is 3. The fourth-order valence-corrected chi connectivity index (χ4v) is 3.91. The lowest BCUT2D eigenvalue weighted by Crippen LogP contribution is -2.44. The van der Waals surface area contributed by atoms with Crippen molar-refractivity contribution in [2.75, 3.05) is 18.0 Å². The number of anilines is 1. The van der Waals surface area contributed by atoms with Crippen LogP contribution in [-0.2, 0) is 4.79 Å². The van der Waals surface area contributed by atoms with Crippen LogP contribution in [0, 0.1) is 0 Å². The van der Waals surface area contributed by atoms with Crippen LogP contribution in [0.1, 0.15) is 0 Å². The van der Waals surface area contributed by atoms with Crippen LogP contribution in [0.15, 0.2) is 36.4 Å². The molecule has 124 valence electrons. The number of para-hydroxylation sites is 2. The first-order valence-electron chi connectivity index (χ1n) is 6.93. The minimum Gasteiger partial charge on any atom is -0.538 e. The van der Waals surface area contributed by atoms with Gasteiger partial charge in [-0.15, -0.1) is 0 Å². The summed E-state index contributed by atoms with van der Waals surface area (Å²) in [5.74, 6) is -1.49. The van der Waals surface area contributed by atoms with Crippen LogP contribution in [0.2, 0.25) is 20.1 Å². The summed E-state index contributed by atoms with van der Waals surface area (Å²) in [6.07, 6.45) is 0. The van der Waals surface area contributed by atoms with E-state index < -0.39 is 5.97 Å². The van der Waals surface area contributed by atoms with E-state index in [4.69, 9.17) is 46.4 Å². The fourth-order valence-electron chi connectivity index (χ4n) is 2.71. The summed E-state index contributed by atoms with van der Waals surface area (Å²) in [5, 5.41) is 13.2. The third-order valence-corrected chi connectivity index (χ3v) is 4.88. The molecule has 0 aromatic heterocycles. The third-order valence-electron chi connectivity index (χ3n) is 3.66. The average Bonchev–Trinajstić information content (AvgIpc) is 2.91. The Bertz CT molecular complexity index is 827. The van der Waals surface area contributed by atoms with Gasteiger partial charge in [-0.1, -0.05) is 58.5 Å². The fraction of sp³-hybridized carbons (Fsp3) is 0.125. The zero-order valence-corrected chi connectivity index (χ0v) is 15.1. The number of halogens is 4. The van der Waals surface area contributed by atoms with Crippen LogP contribution < -0.4 is 10.0 Å². The molecular weight excluding hydrogens is 394 g/mol. The van der Waals surface area contributed by atoms with Gasteiger partial charge in [-0.05, 0) is 24.3 Å². The number of carbonyl (C=O) groups is 1. The molecule has 8 heteroatoms. The molecule has 1 aliphatic rings. The van der Waals surface area contributed by atoms with Gasteiger partial charge in [-0.2, -0.15) is 0 Å². The maximum atomic E-state index is 11.8. The van der Waals surface area contributed by atoms with Gasteiger partial charge in [0.25, 0.3) is 0 Å². The molecule has 0 fully saturated rings. The Morgan fingerprint density at radius 2 is 1.46 bits per heavy atom. The first kappa shape index (κ1) is 17.4. The van der Waals surface area contributed by atoms with Gasteiger partial charge in [0.05, 0.1) is 20.1 Å². The first-order chi connectivity index (χ1) is 11.4. The van der Waals surface area contributed by atoms with Crippen molar-refractivity contribution >= 4 is 69.6 Å². The van der Waals surface area contributed by atoms with E-state index in [1.165, 1.54) is 9.48 Å². The summed E-state index contributed by atoms with van der Waals surface area (Å²) in [6, 6.07) is 9.93. The first-order valence-corrected chi connectivity index (χ1v) is 8.44. The molecule has 0 atom stereocenters. The van der Waals surface area contributed by atoms with E-state index in [-0.39, 0.29) is 5.84 Å². The van der Waals surface area contributed by atoms with Gasteiger partial charge in [-0.3, -0.25) is 0 Å². The van der Waals surface area contributed by atoms with Gasteiger partial charge in [-0.25, -0.2) is 9.48 Å². The second-order valence-corrected chi connectivity index (χ2v) is 6.68. The molecule has 0 unspecified atom stereocenters. The molecule has 1 aliphatic heterocycles. The van der Waals surface area contributed by atoms with Crippen LogP contribution in [0.3, 0.4) is 0 Å². The Morgan fingerprint density at radius 1 is 0.958 bits per heavy atom. The van der Waals surface area contributed by atoms with Crippen LogP contribution >= 0.6 is 46.4 Å². The average molecular weight is 404 g/mol. The SMILES string of the molecule is O=C([O-])C1=[N+](c2c(Cl)cccc2Cl)CCN1c1c(Cl)cccc1Cl. The molecule has 1 heterocycles. The molecule has 0 aliphatic carbocycles. The number of aliphatic carboxylic acids is 1. The quantitative estimate of drug-likeness (QED) is 0.735. The second kappa shape index (κ2) is 6.81. The minimum absolute atomic E-state index is 0.111. The van der Waals surface area contributed by atoms with Crippen molar-refractivity contribution in [1.82, 2.24) is 0 Å². The van der Waals surface area contributed by atoms with E-state index in [2.05, 4.69) is 0 Å². The van der Waals surface area contributed by atoms with E-state index in [1.807, 2.05) is 0 Å². The Morgan fingerprint density at radius 3 is 1.96 bits per heavy atom. The molecule has 2 aromatic rings. The lowest BCUT2D eigenvalue weighted by molar-refractivity contribution is -0.431. The number of carbonyl (C=O) groups excluding carboxylic acids is 1. The number of amidine groups is 1. The van der Waals surface area contributed by atoms with Crippen molar-refractivity contribution in [3.63, 3.8) is 0 Å². The summed E-state index contributed by atoms with van der Waals surface area (Å²) in [6.45, 7) is 0.683. The number of benzene rings is 2. The molecular formula is C16H10Cl4N2O2. The highest BCUT2D eigenvalue weighted by molar-refractivity contribution is 6.44. The van der Waals surface area contributed by atoms with Crippen molar-refractivity contribution in [3.05, 3.63) is 56.5 Å². The monoisotopic (exact) mass is 402 g/mol. The van der Waals surface area contributed by atoms with Gasteiger partial charge >= 0.3 is 5.84 Å². The standard InChI is InChI=1S/C16H10Cl4N2O2/c17-9-3-1-4-10(18)13(9)21-7-8-22(15(21)16(23)24)14-11(19)5-2-6-12(14)20/h1-6H,7-8H2. The predicted octanol–water partition coefficient (Wildman–Crippen LogP) is 3.61. The van der Waals surface area contributed by atoms with Crippen molar-refractivity contribution in [2.45, 2.75) is 0 Å². The molecule has 0 spiro atoms. The molecule has 4 nitrogen and oxygen atoms in total. The van der Waals surface area contributed by atoms with E-state index in [1.54, 1.807) is 36.4 Å². The van der Waals surface area contributed by atoms with Crippen LogP contribution in [-0.4, -0.2) is 29.5 Å². The third kappa shape index (κ3) is 2.95. The lowest BCUT2D eigenvalue weighted by Gasteiger charge is -2.16. The highest BCUT2D eigenvalue weighted by Crippen LogP contribution is 2.38. The second-order valence-electron chi connectivity index (χ2n) is 5.05. The summed E-state index contributed by atoms with van der Waals surface area (Å²) >= 11 is 24.8. The van der Waals surface area contributed by atoms with Gasteiger partial charge in [0.15, 0.2) is 17.3 Å². The topological polar surface area (TPSA) is 46.4 Å². The summed E-state index contributed by atoms with van der Waals surface area (Å²) in [5.41, 5.74) is 0.816. The smallest absolute Gasteiger partial charge is 0.306 e. The molecule has 0 amide bonds. The highest BCUT2D eigenvalue weighted by atomic mass is 35.5. The summed E-state index contributed by atoms with van der Waals surface area (Å²) < 4.78 is 1.50. The van der Waals surface area contributed by atoms with E-state index in [0.717, 1.165) is 0 Å². The Balaban J connectivity index is 2.23. The van der Waals surface area contributed by atoms with Crippen molar-refractivity contribution in [2.24, 2.45) is 0 Å². The molecule has 0 N–H and O–H groups in total. The zero-order chi connectivity index (χ0) is 17.4. The van der Waals surface area contributed by atoms with Crippen LogP contribution in [0.25, 0.3) is 0 Å². The summed E-state index contributed by atoms with van der Waals surface area (Å²) in [7, 11) is 0. The van der Waals surface area contributed by atoms with Gasteiger partial charge < -0.3 is 9.90 Å². The maximum absolute atomic E-state index is 11.8. The summed E-state index contributed by atoms with van der Waals surface area (Å²) in [4.78, 5) is 13.3. The van der Waals surface area contributed by atoms with E-state index in [9.17, 15) is 9.90 Å². The molecule has 0 bridgehead atoms. The molecule has 3 rings (SSSR count). The highest BCUT2D eigenvalue weighted by Gasteiger charge is 2.38. The van der Waals surface area contributed by atoms with E-state index >= 15 is 0 Å². The number of hydrogen-bond acceptors (Lipinski definition) is 3. The number of nitrogens with zero attached hydrogens (tertiary/aromatic N) is 2.